The van der Waals surface area contributed by atoms with Gasteiger partial charge in [0, 0.05) is 26.3 Å². The first-order valence-electron chi connectivity index (χ1n) is 8.68. The van der Waals surface area contributed by atoms with Crippen molar-refractivity contribution in [2.45, 2.75) is 44.4 Å². The predicted octanol–water partition coefficient (Wildman–Crippen LogP) is 2.49. The van der Waals surface area contributed by atoms with Crippen molar-refractivity contribution in [2.24, 2.45) is 0 Å². The van der Waals surface area contributed by atoms with Crippen molar-refractivity contribution in [3.05, 3.63) is 24.3 Å². The fourth-order valence-corrected chi connectivity index (χ4v) is 3.36. The SMILES string of the molecule is c1coc(-c2nnc(CN(C[C@H]3CCCO3)C[C@H]3CCCO3)o2)c1. The molecule has 0 aliphatic carbocycles. The van der Waals surface area contributed by atoms with Crippen LogP contribution in [0.5, 0.6) is 0 Å². The highest BCUT2D eigenvalue weighted by Gasteiger charge is 2.25. The van der Waals surface area contributed by atoms with Gasteiger partial charge in [-0.1, -0.05) is 0 Å². The second-order valence-corrected chi connectivity index (χ2v) is 6.44. The van der Waals surface area contributed by atoms with Crippen molar-refractivity contribution in [2.75, 3.05) is 26.3 Å². The summed E-state index contributed by atoms with van der Waals surface area (Å²) in [5, 5.41) is 8.24. The smallest absolute Gasteiger partial charge is 0.283 e. The van der Waals surface area contributed by atoms with E-state index in [2.05, 4.69) is 15.1 Å². The number of rotatable bonds is 7. The van der Waals surface area contributed by atoms with Gasteiger partial charge in [-0.05, 0) is 37.8 Å². The first-order valence-corrected chi connectivity index (χ1v) is 8.68. The van der Waals surface area contributed by atoms with Crippen LogP contribution in [0.1, 0.15) is 31.6 Å². The van der Waals surface area contributed by atoms with Gasteiger partial charge in [0.2, 0.25) is 5.89 Å². The first kappa shape index (κ1) is 15.8. The maximum absolute atomic E-state index is 5.79. The molecule has 0 aromatic carbocycles. The summed E-state index contributed by atoms with van der Waals surface area (Å²) in [6.45, 7) is 4.08. The molecule has 0 saturated carbocycles. The molecule has 7 heteroatoms. The third-order valence-electron chi connectivity index (χ3n) is 4.53. The Morgan fingerprint density at radius 3 is 2.38 bits per heavy atom. The molecule has 2 aliphatic rings. The van der Waals surface area contributed by atoms with E-state index in [1.165, 1.54) is 0 Å². The lowest BCUT2D eigenvalue weighted by atomic mass is 10.2. The molecule has 0 N–H and O–H groups in total. The molecule has 0 bridgehead atoms. The minimum Gasteiger partial charge on any atom is -0.459 e. The topological polar surface area (TPSA) is 73.8 Å². The Hall–Kier alpha value is -1.70. The molecule has 2 atom stereocenters. The summed E-state index contributed by atoms with van der Waals surface area (Å²) in [6, 6.07) is 3.62. The zero-order valence-electron chi connectivity index (χ0n) is 13.7. The summed E-state index contributed by atoms with van der Waals surface area (Å²) in [5.41, 5.74) is 0. The zero-order chi connectivity index (χ0) is 16.2. The average molecular weight is 333 g/mol. The maximum Gasteiger partial charge on any atom is 0.283 e. The third-order valence-corrected chi connectivity index (χ3v) is 4.53. The Bertz CT molecular complexity index is 598. The molecular formula is C17H23N3O4. The van der Waals surface area contributed by atoms with E-state index in [0.717, 1.165) is 52.0 Å². The Morgan fingerprint density at radius 1 is 1.04 bits per heavy atom. The van der Waals surface area contributed by atoms with E-state index >= 15 is 0 Å². The lowest BCUT2D eigenvalue weighted by Gasteiger charge is -2.26. The second-order valence-electron chi connectivity index (χ2n) is 6.44. The molecule has 0 unspecified atom stereocenters. The Morgan fingerprint density at radius 2 is 1.79 bits per heavy atom. The lowest BCUT2D eigenvalue weighted by Crippen LogP contribution is -2.37. The van der Waals surface area contributed by atoms with Gasteiger partial charge in [-0.2, -0.15) is 0 Å². The van der Waals surface area contributed by atoms with Gasteiger partial charge in [0.05, 0.1) is 25.0 Å². The lowest BCUT2D eigenvalue weighted by molar-refractivity contribution is 0.0316. The molecule has 2 aliphatic heterocycles. The molecule has 2 fully saturated rings. The van der Waals surface area contributed by atoms with Crippen molar-refractivity contribution in [3.8, 4) is 11.7 Å². The monoisotopic (exact) mass is 333 g/mol. The molecular weight excluding hydrogens is 310 g/mol. The summed E-state index contributed by atoms with van der Waals surface area (Å²) >= 11 is 0. The fourth-order valence-electron chi connectivity index (χ4n) is 3.36. The van der Waals surface area contributed by atoms with Crippen molar-refractivity contribution >= 4 is 0 Å². The largest absolute Gasteiger partial charge is 0.459 e. The molecule has 0 spiro atoms. The van der Waals surface area contributed by atoms with Crippen molar-refractivity contribution in [1.29, 1.82) is 0 Å². The van der Waals surface area contributed by atoms with Gasteiger partial charge < -0.3 is 18.3 Å². The van der Waals surface area contributed by atoms with Gasteiger partial charge in [-0.25, -0.2) is 0 Å². The molecule has 130 valence electrons. The minimum absolute atomic E-state index is 0.291. The molecule has 4 heterocycles. The molecule has 24 heavy (non-hydrogen) atoms. The van der Waals surface area contributed by atoms with E-state index in [9.17, 15) is 0 Å². The summed E-state index contributed by atoms with van der Waals surface area (Å²) in [4.78, 5) is 2.31. The van der Waals surface area contributed by atoms with Crippen LogP contribution >= 0.6 is 0 Å². The van der Waals surface area contributed by atoms with Crippen LogP contribution in [0, 0.1) is 0 Å². The van der Waals surface area contributed by atoms with Gasteiger partial charge in [0.25, 0.3) is 5.89 Å². The minimum atomic E-state index is 0.291. The maximum atomic E-state index is 5.79. The van der Waals surface area contributed by atoms with Crippen LogP contribution < -0.4 is 0 Å². The fraction of sp³-hybridized carbons (Fsp3) is 0.647. The van der Waals surface area contributed by atoms with E-state index in [-0.39, 0.29) is 0 Å². The molecule has 2 aromatic heterocycles. The highest BCUT2D eigenvalue weighted by atomic mass is 16.5. The summed E-state index contributed by atoms with van der Waals surface area (Å²) in [7, 11) is 0. The molecule has 2 aromatic rings. The van der Waals surface area contributed by atoms with E-state index < -0.39 is 0 Å². The van der Waals surface area contributed by atoms with Gasteiger partial charge in [-0.15, -0.1) is 10.2 Å². The number of hydrogen-bond donors (Lipinski definition) is 0. The zero-order valence-corrected chi connectivity index (χ0v) is 13.7. The molecule has 7 nitrogen and oxygen atoms in total. The number of nitrogens with zero attached hydrogens (tertiary/aromatic N) is 3. The van der Waals surface area contributed by atoms with Gasteiger partial charge in [-0.3, -0.25) is 4.90 Å². The summed E-state index contributed by atoms with van der Waals surface area (Å²) in [5.74, 6) is 1.61. The highest BCUT2D eigenvalue weighted by molar-refractivity contribution is 5.42. The molecule has 4 rings (SSSR count). The highest BCUT2D eigenvalue weighted by Crippen LogP contribution is 2.21. The van der Waals surface area contributed by atoms with E-state index in [1.54, 1.807) is 12.3 Å². The Balaban J connectivity index is 1.41. The molecule has 0 amide bonds. The van der Waals surface area contributed by atoms with Crippen molar-refractivity contribution in [1.82, 2.24) is 15.1 Å². The van der Waals surface area contributed by atoms with Gasteiger partial charge >= 0.3 is 0 Å². The second kappa shape index (κ2) is 7.46. The predicted molar refractivity (Wildman–Crippen MR) is 85.2 cm³/mol. The van der Waals surface area contributed by atoms with Crippen LogP contribution in [0.15, 0.2) is 27.2 Å². The Labute approximate surface area is 140 Å². The standard InChI is InChI=1S/C17H23N3O4/c1-4-13(21-7-1)10-20(11-14-5-2-8-22-14)12-16-18-19-17(24-16)15-6-3-9-23-15/h3,6,9,13-14H,1-2,4-5,7-8,10-12H2/t13-,14-/m1/s1. The van der Waals surface area contributed by atoms with E-state index in [4.69, 9.17) is 18.3 Å². The third kappa shape index (κ3) is 3.85. The van der Waals surface area contributed by atoms with Crippen molar-refractivity contribution < 1.29 is 18.3 Å². The van der Waals surface area contributed by atoms with Crippen LogP contribution in [0.4, 0.5) is 0 Å². The van der Waals surface area contributed by atoms with Gasteiger partial charge in [0.15, 0.2) is 5.76 Å². The number of hydrogen-bond acceptors (Lipinski definition) is 7. The van der Waals surface area contributed by atoms with Crippen LogP contribution in [-0.2, 0) is 16.0 Å². The van der Waals surface area contributed by atoms with Crippen LogP contribution in [0.3, 0.4) is 0 Å². The first-order chi connectivity index (χ1) is 11.9. The number of ether oxygens (including phenoxy) is 2. The number of furan rings is 1. The van der Waals surface area contributed by atoms with Crippen molar-refractivity contribution in [3.63, 3.8) is 0 Å². The van der Waals surface area contributed by atoms with Crippen LogP contribution in [0.2, 0.25) is 0 Å². The van der Waals surface area contributed by atoms with Crippen LogP contribution in [0.25, 0.3) is 11.7 Å². The van der Waals surface area contributed by atoms with E-state index in [0.29, 0.717) is 36.3 Å². The Kier molecular flexibility index (Phi) is 4.91. The summed E-state index contributed by atoms with van der Waals surface area (Å²) < 4.78 is 22.6. The molecule has 2 saturated heterocycles. The van der Waals surface area contributed by atoms with E-state index in [1.807, 2.05) is 6.07 Å². The molecule has 0 radical (unpaired) electrons. The quantitative estimate of drug-likeness (QED) is 0.770. The average Bonchev–Trinajstić information content (AvgIpc) is 3.37. The normalized spacial score (nSPS) is 24.2. The number of aromatic nitrogens is 2. The van der Waals surface area contributed by atoms with Gasteiger partial charge in [0.1, 0.15) is 0 Å². The van der Waals surface area contributed by atoms with Crippen LogP contribution in [-0.4, -0.2) is 53.6 Å². The summed E-state index contributed by atoms with van der Waals surface area (Å²) in [6.07, 6.45) is 6.69.